The first-order valence-electron chi connectivity index (χ1n) is 4.60. The maximum absolute atomic E-state index is 12.5. The predicted molar refractivity (Wildman–Crippen MR) is 56.1 cm³/mol. The van der Waals surface area contributed by atoms with E-state index in [1.54, 1.807) is 0 Å². The second-order valence-electron chi connectivity index (χ2n) is 3.21. The molecule has 8 heteroatoms. The van der Waals surface area contributed by atoms with Gasteiger partial charge in [0, 0.05) is 18.5 Å². The summed E-state index contributed by atoms with van der Waals surface area (Å²) in [5, 5.41) is 0.0588. The van der Waals surface area contributed by atoms with Crippen LogP contribution < -0.4 is 5.56 Å². The van der Waals surface area contributed by atoms with Crippen LogP contribution in [0.15, 0.2) is 29.6 Å². The van der Waals surface area contributed by atoms with E-state index in [0.29, 0.717) is 4.57 Å². The lowest BCUT2D eigenvalue weighted by atomic mass is 10.5. The molecule has 2 aromatic rings. The number of alkyl halides is 2. The van der Waals surface area contributed by atoms with Crippen molar-refractivity contribution >= 4 is 11.6 Å². The molecule has 2 rings (SSSR count). The van der Waals surface area contributed by atoms with E-state index < -0.39 is 12.1 Å². The second-order valence-corrected chi connectivity index (χ2v) is 3.59. The fraction of sp³-hybridized carbons (Fsp3) is 0.222. The molecular formula is C9H7ClF2N4O. The third-order valence-electron chi connectivity index (χ3n) is 2.12. The molecule has 0 radical (unpaired) electrons. The third-order valence-corrected chi connectivity index (χ3v) is 2.32. The van der Waals surface area contributed by atoms with Crippen LogP contribution in [-0.4, -0.2) is 19.1 Å². The zero-order valence-corrected chi connectivity index (χ0v) is 9.18. The SMILES string of the molecule is O=c1cc(Cl)ncn1Cc1nccn1C(F)F. The normalized spacial score (nSPS) is 11.1. The van der Waals surface area contributed by atoms with Crippen LogP contribution in [0.5, 0.6) is 0 Å². The van der Waals surface area contributed by atoms with Crippen molar-refractivity contribution in [2.24, 2.45) is 0 Å². The Kier molecular flexibility index (Phi) is 3.19. The molecule has 5 nitrogen and oxygen atoms in total. The lowest BCUT2D eigenvalue weighted by molar-refractivity contribution is 0.0666. The van der Waals surface area contributed by atoms with E-state index in [2.05, 4.69) is 9.97 Å². The molecule has 0 aliphatic carbocycles. The fourth-order valence-electron chi connectivity index (χ4n) is 1.32. The summed E-state index contributed by atoms with van der Waals surface area (Å²) in [6.45, 7) is -2.77. The molecule has 0 N–H and O–H groups in total. The number of aromatic nitrogens is 4. The van der Waals surface area contributed by atoms with Crippen LogP contribution in [0.3, 0.4) is 0 Å². The molecule has 0 amide bonds. The van der Waals surface area contributed by atoms with Gasteiger partial charge in [0.25, 0.3) is 5.56 Å². The maximum atomic E-state index is 12.5. The molecule has 0 saturated heterocycles. The van der Waals surface area contributed by atoms with Crippen LogP contribution in [0.1, 0.15) is 12.4 Å². The molecule has 0 saturated carbocycles. The van der Waals surface area contributed by atoms with Gasteiger partial charge in [-0.2, -0.15) is 8.78 Å². The van der Waals surface area contributed by atoms with Crippen LogP contribution in [0, 0.1) is 0 Å². The van der Waals surface area contributed by atoms with Gasteiger partial charge in [0.05, 0.1) is 12.9 Å². The Morgan fingerprint density at radius 1 is 1.41 bits per heavy atom. The summed E-state index contributed by atoms with van der Waals surface area (Å²) in [7, 11) is 0. The Bertz CT molecular complexity index is 580. The third kappa shape index (κ3) is 2.50. The first-order chi connectivity index (χ1) is 8.08. The number of hydrogen-bond acceptors (Lipinski definition) is 3. The standard InChI is InChI=1S/C9H7ClF2N4O/c10-6-3-8(17)15(5-14-6)4-7-13-1-2-16(7)9(11)12/h1-3,5,9H,4H2. The molecule has 0 unspecified atom stereocenters. The summed E-state index contributed by atoms with van der Waals surface area (Å²) in [6, 6.07) is 1.11. The van der Waals surface area contributed by atoms with E-state index in [1.807, 2.05) is 0 Å². The first-order valence-corrected chi connectivity index (χ1v) is 4.97. The molecule has 90 valence electrons. The zero-order valence-electron chi connectivity index (χ0n) is 8.42. The summed E-state index contributed by atoms with van der Waals surface area (Å²) in [4.78, 5) is 18.9. The highest BCUT2D eigenvalue weighted by atomic mass is 35.5. The van der Waals surface area contributed by atoms with Gasteiger partial charge in [-0.05, 0) is 0 Å². The van der Waals surface area contributed by atoms with Crippen molar-refractivity contribution in [3.8, 4) is 0 Å². The van der Waals surface area contributed by atoms with E-state index in [4.69, 9.17) is 11.6 Å². The first kappa shape index (κ1) is 11.7. The van der Waals surface area contributed by atoms with Crippen molar-refractivity contribution in [1.29, 1.82) is 0 Å². The molecule has 0 fully saturated rings. The van der Waals surface area contributed by atoms with E-state index in [-0.39, 0.29) is 17.5 Å². The van der Waals surface area contributed by atoms with E-state index in [1.165, 1.54) is 12.5 Å². The van der Waals surface area contributed by atoms with Crippen molar-refractivity contribution in [3.05, 3.63) is 46.1 Å². The van der Waals surface area contributed by atoms with Gasteiger partial charge in [-0.1, -0.05) is 11.6 Å². The van der Waals surface area contributed by atoms with Gasteiger partial charge < -0.3 is 0 Å². The van der Waals surface area contributed by atoms with Crippen molar-refractivity contribution < 1.29 is 8.78 Å². The van der Waals surface area contributed by atoms with Crippen LogP contribution in [-0.2, 0) is 6.54 Å². The molecule has 0 aliphatic heterocycles. The highest BCUT2D eigenvalue weighted by molar-refractivity contribution is 6.29. The Hall–Kier alpha value is -1.76. The van der Waals surface area contributed by atoms with E-state index >= 15 is 0 Å². The minimum atomic E-state index is -2.69. The van der Waals surface area contributed by atoms with Crippen LogP contribution >= 0.6 is 11.6 Å². The quantitative estimate of drug-likeness (QED) is 0.787. The van der Waals surface area contributed by atoms with Gasteiger partial charge in [0.2, 0.25) is 0 Å². The number of hydrogen-bond donors (Lipinski definition) is 0. The molecule has 0 bridgehead atoms. The maximum Gasteiger partial charge on any atom is 0.319 e. The van der Waals surface area contributed by atoms with Gasteiger partial charge in [-0.3, -0.25) is 13.9 Å². The van der Waals surface area contributed by atoms with Crippen molar-refractivity contribution in [3.63, 3.8) is 0 Å². The lowest BCUT2D eigenvalue weighted by Crippen LogP contribution is -2.22. The Morgan fingerprint density at radius 2 is 2.18 bits per heavy atom. The summed E-state index contributed by atoms with van der Waals surface area (Å²) in [6.07, 6.45) is 3.58. The van der Waals surface area contributed by atoms with Crippen molar-refractivity contribution in [2.45, 2.75) is 13.1 Å². The number of rotatable bonds is 3. The van der Waals surface area contributed by atoms with Crippen LogP contribution in [0.4, 0.5) is 8.78 Å². The van der Waals surface area contributed by atoms with Gasteiger partial charge in [0.15, 0.2) is 0 Å². The van der Waals surface area contributed by atoms with Gasteiger partial charge in [-0.15, -0.1) is 0 Å². The van der Waals surface area contributed by atoms with Crippen molar-refractivity contribution in [1.82, 2.24) is 19.1 Å². The summed E-state index contributed by atoms with van der Waals surface area (Å²) in [5.41, 5.74) is -0.422. The number of halogens is 3. The Labute approximate surface area is 99.3 Å². The van der Waals surface area contributed by atoms with Crippen molar-refractivity contribution in [2.75, 3.05) is 0 Å². The molecule has 0 atom stereocenters. The number of nitrogens with zero attached hydrogens (tertiary/aromatic N) is 4. The van der Waals surface area contributed by atoms with Gasteiger partial charge in [-0.25, -0.2) is 9.97 Å². The minimum Gasteiger partial charge on any atom is -0.292 e. The van der Waals surface area contributed by atoms with E-state index in [9.17, 15) is 13.6 Å². The second kappa shape index (κ2) is 4.62. The predicted octanol–water partition coefficient (Wildman–Crippen LogP) is 1.54. The molecule has 17 heavy (non-hydrogen) atoms. The van der Waals surface area contributed by atoms with Gasteiger partial charge in [0.1, 0.15) is 11.0 Å². The largest absolute Gasteiger partial charge is 0.319 e. The summed E-state index contributed by atoms with van der Waals surface area (Å²) < 4.78 is 26.9. The lowest BCUT2D eigenvalue weighted by Gasteiger charge is -2.07. The Morgan fingerprint density at radius 3 is 2.82 bits per heavy atom. The fourth-order valence-corrected chi connectivity index (χ4v) is 1.46. The topological polar surface area (TPSA) is 52.7 Å². The van der Waals surface area contributed by atoms with E-state index in [0.717, 1.165) is 16.8 Å². The summed E-state index contributed by atoms with van der Waals surface area (Å²) >= 11 is 5.52. The monoisotopic (exact) mass is 260 g/mol. The highest BCUT2D eigenvalue weighted by Gasteiger charge is 2.12. The highest BCUT2D eigenvalue weighted by Crippen LogP contribution is 2.12. The van der Waals surface area contributed by atoms with Crippen LogP contribution in [0.2, 0.25) is 5.15 Å². The number of imidazole rings is 1. The average molecular weight is 261 g/mol. The molecule has 0 aliphatic rings. The molecule has 0 spiro atoms. The molecule has 2 heterocycles. The smallest absolute Gasteiger partial charge is 0.292 e. The zero-order chi connectivity index (χ0) is 12.4. The molecular weight excluding hydrogens is 254 g/mol. The molecule has 0 aromatic carbocycles. The van der Waals surface area contributed by atoms with Crippen LogP contribution in [0.25, 0.3) is 0 Å². The average Bonchev–Trinajstić information content (AvgIpc) is 2.70. The van der Waals surface area contributed by atoms with Gasteiger partial charge >= 0.3 is 6.55 Å². The Balaban J connectivity index is 2.32. The summed E-state index contributed by atoms with van der Waals surface area (Å²) in [5.74, 6) is 0.0752. The molecule has 2 aromatic heterocycles. The minimum absolute atomic E-state index is 0.0588.